The van der Waals surface area contributed by atoms with E-state index < -0.39 is 0 Å². The highest BCUT2D eigenvalue weighted by Crippen LogP contribution is 2.37. The van der Waals surface area contributed by atoms with Crippen molar-refractivity contribution in [3.8, 4) is 0 Å². The lowest BCUT2D eigenvalue weighted by atomic mass is 9.77. The van der Waals surface area contributed by atoms with Gasteiger partial charge in [0.1, 0.15) is 12.2 Å². The number of rotatable bonds is 5. The van der Waals surface area contributed by atoms with E-state index in [1.807, 2.05) is 4.68 Å². The molecule has 5 nitrogen and oxygen atoms in total. The van der Waals surface area contributed by atoms with Crippen molar-refractivity contribution in [2.24, 2.45) is 17.7 Å². The van der Waals surface area contributed by atoms with Crippen LogP contribution in [0.1, 0.15) is 70.8 Å². The number of nitrogens with two attached hydrogens (primary N) is 1. The SMILES string of the molecule is CCC1CCC(C(NN)c2ncnn2C(C)C)CC1. The van der Waals surface area contributed by atoms with Crippen LogP contribution >= 0.6 is 0 Å². The third-order valence-corrected chi connectivity index (χ3v) is 4.49. The number of hydrogen-bond acceptors (Lipinski definition) is 4. The number of hydrazine groups is 1. The largest absolute Gasteiger partial charge is 0.271 e. The van der Waals surface area contributed by atoms with Crippen LogP contribution in [0.25, 0.3) is 0 Å². The first kappa shape index (κ1) is 14.5. The number of hydrogen-bond donors (Lipinski definition) is 2. The minimum absolute atomic E-state index is 0.128. The van der Waals surface area contributed by atoms with Gasteiger partial charge in [-0.15, -0.1) is 0 Å². The summed E-state index contributed by atoms with van der Waals surface area (Å²) in [5.41, 5.74) is 2.98. The van der Waals surface area contributed by atoms with E-state index in [1.54, 1.807) is 6.33 Å². The van der Waals surface area contributed by atoms with Gasteiger partial charge in [-0.05, 0) is 38.5 Å². The molecule has 1 heterocycles. The monoisotopic (exact) mass is 265 g/mol. The van der Waals surface area contributed by atoms with E-state index in [1.165, 1.54) is 32.1 Å². The van der Waals surface area contributed by atoms with Crippen molar-refractivity contribution in [2.45, 2.75) is 65.0 Å². The van der Waals surface area contributed by atoms with Crippen molar-refractivity contribution in [2.75, 3.05) is 0 Å². The average Bonchev–Trinajstić information content (AvgIpc) is 2.90. The Labute approximate surface area is 115 Å². The minimum Gasteiger partial charge on any atom is -0.271 e. The second kappa shape index (κ2) is 6.48. The molecule has 5 heteroatoms. The fraction of sp³-hybridized carbons (Fsp3) is 0.857. The lowest BCUT2D eigenvalue weighted by Crippen LogP contribution is -2.37. The van der Waals surface area contributed by atoms with Gasteiger partial charge in [0.15, 0.2) is 0 Å². The molecule has 1 aromatic rings. The van der Waals surface area contributed by atoms with Crippen LogP contribution in [0.3, 0.4) is 0 Å². The zero-order chi connectivity index (χ0) is 13.8. The summed E-state index contributed by atoms with van der Waals surface area (Å²) in [4.78, 5) is 4.43. The van der Waals surface area contributed by atoms with Gasteiger partial charge >= 0.3 is 0 Å². The normalized spacial score (nSPS) is 25.7. The molecular formula is C14H27N5. The highest BCUT2D eigenvalue weighted by molar-refractivity contribution is 4.99. The molecule has 1 aromatic heterocycles. The fourth-order valence-electron chi connectivity index (χ4n) is 3.23. The molecule has 19 heavy (non-hydrogen) atoms. The number of nitrogens with one attached hydrogen (secondary N) is 1. The van der Waals surface area contributed by atoms with Crippen LogP contribution in [0.2, 0.25) is 0 Å². The van der Waals surface area contributed by atoms with Gasteiger partial charge in [0.25, 0.3) is 0 Å². The van der Waals surface area contributed by atoms with Gasteiger partial charge in [-0.3, -0.25) is 5.84 Å². The van der Waals surface area contributed by atoms with Crippen LogP contribution in [-0.4, -0.2) is 14.8 Å². The Morgan fingerprint density at radius 2 is 2.05 bits per heavy atom. The zero-order valence-corrected chi connectivity index (χ0v) is 12.3. The molecule has 0 saturated heterocycles. The Balaban J connectivity index is 2.10. The van der Waals surface area contributed by atoms with Gasteiger partial charge in [-0.1, -0.05) is 26.2 Å². The summed E-state index contributed by atoms with van der Waals surface area (Å²) in [6.45, 7) is 6.54. The van der Waals surface area contributed by atoms with E-state index in [4.69, 9.17) is 5.84 Å². The summed E-state index contributed by atoms with van der Waals surface area (Å²) in [5.74, 6) is 8.26. The van der Waals surface area contributed by atoms with Gasteiger partial charge < -0.3 is 0 Å². The zero-order valence-electron chi connectivity index (χ0n) is 12.3. The predicted octanol–water partition coefficient (Wildman–Crippen LogP) is 2.58. The first-order valence-corrected chi connectivity index (χ1v) is 7.52. The van der Waals surface area contributed by atoms with Crippen LogP contribution in [0.4, 0.5) is 0 Å². The summed E-state index contributed by atoms with van der Waals surface area (Å²) in [5, 5.41) is 4.32. The van der Waals surface area contributed by atoms with Crippen LogP contribution in [0, 0.1) is 11.8 Å². The molecule has 0 bridgehead atoms. The van der Waals surface area contributed by atoms with Gasteiger partial charge in [0.2, 0.25) is 0 Å². The molecule has 0 amide bonds. The quantitative estimate of drug-likeness (QED) is 0.634. The van der Waals surface area contributed by atoms with Crippen LogP contribution in [0.15, 0.2) is 6.33 Å². The summed E-state index contributed by atoms with van der Waals surface area (Å²) >= 11 is 0. The molecule has 3 N–H and O–H groups in total. The molecule has 108 valence electrons. The van der Waals surface area contributed by atoms with Gasteiger partial charge in [0.05, 0.1) is 6.04 Å². The average molecular weight is 265 g/mol. The second-order valence-corrected chi connectivity index (χ2v) is 5.99. The maximum atomic E-state index is 5.80. The topological polar surface area (TPSA) is 68.8 Å². The van der Waals surface area contributed by atoms with Crippen molar-refractivity contribution in [3.05, 3.63) is 12.2 Å². The van der Waals surface area contributed by atoms with Crippen molar-refractivity contribution < 1.29 is 0 Å². The molecule has 1 unspecified atom stereocenters. The summed E-state index contributed by atoms with van der Waals surface area (Å²) in [6.07, 6.45) is 8.04. The summed E-state index contributed by atoms with van der Waals surface area (Å²) < 4.78 is 1.98. The van der Waals surface area contributed by atoms with Gasteiger partial charge in [-0.2, -0.15) is 5.10 Å². The molecule has 0 radical (unpaired) electrons. The van der Waals surface area contributed by atoms with Crippen molar-refractivity contribution in [3.63, 3.8) is 0 Å². The molecular weight excluding hydrogens is 238 g/mol. The molecule has 1 aliphatic carbocycles. The summed E-state index contributed by atoms with van der Waals surface area (Å²) in [6, 6.07) is 0.447. The van der Waals surface area contributed by atoms with Crippen LogP contribution in [-0.2, 0) is 0 Å². The molecule has 1 aliphatic rings. The molecule has 1 atom stereocenters. The van der Waals surface area contributed by atoms with E-state index in [2.05, 4.69) is 36.3 Å². The standard InChI is InChI=1S/C14H27N5/c1-4-11-5-7-12(8-6-11)13(18-15)14-16-9-17-19(14)10(2)3/h9-13,18H,4-8,15H2,1-3H3. The smallest absolute Gasteiger partial charge is 0.145 e. The highest BCUT2D eigenvalue weighted by Gasteiger charge is 2.30. The van der Waals surface area contributed by atoms with E-state index in [0.717, 1.165) is 11.7 Å². The van der Waals surface area contributed by atoms with Gasteiger partial charge in [0, 0.05) is 6.04 Å². The van der Waals surface area contributed by atoms with Gasteiger partial charge in [-0.25, -0.2) is 15.1 Å². The van der Waals surface area contributed by atoms with E-state index in [-0.39, 0.29) is 6.04 Å². The minimum atomic E-state index is 0.128. The Kier molecular flexibility index (Phi) is 4.93. The first-order chi connectivity index (χ1) is 9.17. The molecule has 0 spiro atoms. The van der Waals surface area contributed by atoms with Crippen LogP contribution < -0.4 is 11.3 Å². The molecule has 0 aromatic carbocycles. The van der Waals surface area contributed by atoms with Crippen LogP contribution in [0.5, 0.6) is 0 Å². The van der Waals surface area contributed by atoms with Crippen molar-refractivity contribution in [1.29, 1.82) is 0 Å². The Bertz CT molecular complexity index is 379. The summed E-state index contributed by atoms with van der Waals surface area (Å²) in [7, 11) is 0. The fourth-order valence-corrected chi connectivity index (χ4v) is 3.23. The Hall–Kier alpha value is -0.940. The highest BCUT2D eigenvalue weighted by atomic mass is 15.4. The third kappa shape index (κ3) is 3.15. The lowest BCUT2D eigenvalue weighted by molar-refractivity contribution is 0.209. The Morgan fingerprint density at radius 1 is 1.37 bits per heavy atom. The maximum Gasteiger partial charge on any atom is 0.145 e. The third-order valence-electron chi connectivity index (χ3n) is 4.49. The number of aromatic nitrogens is 3. The lowest BCUT2D eigenvalue weighted by Gasteiger charge is -2.33. The first-order valence-electron chi connectivity index (χ1n) is 7.52. The van der Waals surface area contributed by atoms with E-state index >= 15 is 0 Å². The number of nitrogens with zero attached hydrogens (tertiary/aromatic N) is 3. The molecule has 1 saturated carbocycles. The second-order valence-electron chi connectivity index (χ2n) is 5.99. The maximum absolute atomic E-state index is 5.80. The molecule has 2 rings (SSSR count). The van der Waals surface area contributed by atoms with Crippen molar-refractivity contribution >= 4 is 0 Å². The van der Waals surface area contributed by atoms with E-state index in [0.29, 0.717) is 12.0 Å². The van der Waals surface area contributed by atoms with E-state index in [9.17, 15) is 0 Å². The Morgan fingerprint density at radius 3 is 2.58 bits per heavy atom. The molecule has 0 aliphatic heterocycles. The molecule has 1 fully saturated rings. The predicted molar refractivity (Wildman–Crippen MR) is 76.2 cm³/mol. The van der Waals surface area contributed by atoms with Crippen molar-refractivity contribution in [1.82, 2.24) is 20.2 Å².